The zero-order chi connectivity index (χ0) is 38.6. The molecule has 0 unspecified atom stereocenters. The Morgan fingerprint density at radius 1 is 0.788 bits per heavy atom. The summed E-state index contributed by atoms with van der Waals surface area (Å²) in [6, 6.07) is 14.2. The third-order valence-electron chi connectivity index (χ3n) is 6.89. The molecule has 0 fully saturated rings. The van der Waals surface area contributed by atoms with Crippen molar-refractivity contribution < 1.29 is 47.4 Å². The van der Waals surface area contributed by atoms with Gasteiger partial charge in [-0.3, -0.25) is 30.0 Å². The third kappa shape index (κ3) is 13.1. The molecule has 4 amide bonds. The van der Waals surface area contributed by atoms with Crippen molar-refractivity contribution in [2.75, 3.05) is 19.0 Å². The second kappa shape index (κ2) is 17.9. The molecule has 0 radical (unpaired) electrons. The van der Waals surface area contributed by atoms with Crippen LogP contribution < -0.4 is 21.3 Å². The van der Waals surface area contributed by atoms with Crippen LogP contribution in [0.1, 0.15) is 81.5 Å². The predicted molar refractivity (Wildman–Crippen MR) is 191 cm³/mol. The number of ether oxygens (including phenoxy) is 3. The molecule has 1 atom stereocenters. The average Bonchev–Trinajstić information content (AvgIpc) is 3.05. The first-order valence-corrected chi connectivity index (χ1v) is 16.4. The van der Waals surface area contributed by atoms with Crippen LogP contribution in [0.3, 0.4) is 0 Å². The minimum Gasteiger partial charge on any atom is -0.467 e. The number of amides is 4. The number of methoxy groups -OCH3 is 1. The van der Waals surface area contributed by atoms with Crippen LogP contribution in [0.4, 0.5) is 19.7 Å². The number of alkyl carbamates (subject to hydrolysis) is 2. The van der Waals surface area contributed by atoms with Crippen LogP contribution >= 0.6 is 0 Å². The summed E-state index contributed by atoms with van der Waals surface area (Å²) in [6.45, 7) is 10.0. The molecule has 0 heterocycles. The number of esters is 1. The molecule has 0 aliphatic carbocycles. The van der Waals surface area contributed by atoms with Gasteiger partial charge in [0.1, 0.15) is 23.1 Å². The average molecular weight is 722 g/mol. The molecule has 3 aromatic rings. The summed E-state index contributed by atoms with van der Waals surface area (Å²) in [5.74, 6) is -4.92. The van der Waals surface area contributed by atoms with Crippen molar-refractivity contribution in [2.45, 2.75) is 78.0 Å². The smallest absolute Gasteiger partial charge is 0.414 e. The number of Topliss-reactive ketones (excluding diaryl/α,β-unsaturated/α-hetero) is 1. The van der Waals surface area contributed by atoms with Crippen LogP contribution in [-0.2, 0) is 23.8 Å². The van der Waals surface area contributed by atoms with Crippen molar-refractivity contribution in [3.8, 4) is 0 Å². The molecule has 0 bridgehead atoms. The number of carbonyl (C=O) groups is 6. The van der Waals surface area contributed by atoms with E-state index in [9.17, 15) is 33.2 Å². The van der Waals surface area contributed by atoms with Gasteiger partial charge in [-0.2, -0.15) is 0 Å². The number of hydrogen-bond donors (Lipinski definition) is 4. The summed E-state index contributed by atoms with van der Waals surface area (Å²) in [5, 5.41) is 11.3. The molecule has 0 saturated carbocycles. The van der Waals surface area contributed by atoms with Crippen LogP contribution in [0.25, 0.3) is 10.8 Å². The van der Waals surface area contributed by atoms with E-state index in [-0.39, 0.29) is 36.6 Å². The summed E-state index contributed by atoms with van der Waals surface area (Å²) < 4.78 is 29.5. The molecule has 4 N–H and O–H groups in total. The lowest BCUT2D eigenvalue weighted by atomic mass is 10.0. The van der Waals surface area contributed by atoms with Crippen molar-refractivity contribution in [1.29, 1.82) is 0 Å². The minimum absolute atomic E-state index is 0.00421. The first kappa shape index (κ1) is 40.6. The molecule has 14 nitrogen and oxygen atoms in total. The Morgan fingerprint density at radius 2 is 1.40 bits per heavy atom. The topological polar surface area (TPSA) is 191 Å². The normalized spacial score (nSPS) is 11.8. The van der Waals surface area contributed by atoms with Crippen molar-refractivity contribution in [3.05, 3.63) is 77.6 Å². The molecular weight excluding hydrogens is 677 g/mol. The second-order valence-corrected chi connectivity index (χ2v) is 13.6. The molecule has 3 aromatic carbocycles. The zero-order valence-corrected chi connectivity index (χ0v) is 30.2. The Hall–Kier alpha value is -5.86. The van der Waals surface area contributed by atoms with E-state index in [0.717, 1.165) is 36.1 Å². The first-order valence-electron chi connectivity index (χ1n) is 16.4. The summed E-state index contributed by atoms with van der Waals surface area (Å²) in [5.41, 5.74) is -1.90. The number of nitrogens with one attached hydrogen (secondary N) is 4. The van der Waals surface area contributed by atoms with E-state index in [0.29, 0.717) is 6.42 Å². The Kier molecular flexibility index (Phi) is 13.9. The maximum atomic E-state index is 14.3. The van der Waals surface area contributed by atoms with Gasteiger partial charge in [0.15, 0.2) is 0 Å². The molecule has 0 aliphatic rings. The van der Waals surface area contributed by atoms with Gasteiger partial charge in [-0.1, -0.05) is 30.3 Å². The van der Waals surface area contributed by atoms with Crippen LogP contribution in [-0.4, -0.2) is 72.6 Å². The first-order chi connectivity index (χ1) is 24.3. The van der Waals surface area contributed by atoms with Crippen molar-refractivity contribution in [2.24, 2.45) is 4.99 Å². The standard InChI is InChI=1S/C37H44FN5O9/c1-36(2,3)51-34(48)42-33(43-35(49)52-37(4,5)6)39-19-11-10-14-28(32(47)50-7)41-31(46)29(44)26-21-25(38)17-18-27(26)40-30(45)24-16-15-22-12-8-9-13-23(22)20-24/h8-9,12-13,15-18,20-21,28H,10-11,14,19H2,1-7H3,(H,40,45)(H,41,46)(H2,39,42,43,48,49)/t28-/m0/s1. The molecule has 0 aliphatic heterocycles. The van der Waals surface area contributed by atoms with Gasteiger partial charge in [0.25, 0.3) is 17.6 Å². The predicted octanol–water partition coefficient (Wildman–Crippen LogP) is 5.65. The Balaban J connectivity index is 1.67. The molecule has 0 saturated heterocycles. The number of ketones is 1. The number of nitrogens with zero attached hydrogens (tertiary/aromatic N) is 1. The number of rotatable bonds is 11. The molecule has 278 valence electrons. The van der Waals surface area contributed by atoms with Crippen LogP contribution in [0.5, 0.6) is 0 Å². The van der Waals surface area contributed by atoms with E-state index in [4.69, 9.17) is 14.2 Å². The summed E-state index contributed by atoms with van der Waals surface area (Å²) in [7, 11) is 1.11. The number of carbonyl (C=O) groups excluding carboxylic acids is 6. The largest absolute Gasteiger partial charge is 0.467 e. The fraction of sp³-hybridized carbons (Fsp3) is 0.378. The third-order valence-corrected chi connectivity index (χ3v) is 6.89. The molecular formula is C37H44FN5O9. The number of anilines is 1. The Morgan fingerprint density at radius 3 is 2.00 bits per heavy atom. The van der Waals surface area contributed by atoms with E-state index < -0.39 is 64.4 Å². The van der Waals surface area contributed by atoms with Crippen molar-refractivity contribution in [3.63, 3.8) is 0 Å². The number of benzene rings is 3. The van der Waals surface area contributed by atoms with Gasteiger partial charge >= 0.3 is 18.2 Å². The minimum atomic E-state index is -1.27. The van der Waals surface area contributed by atoms with Gasteiger partial charge in [0, 0.05) is 12.1 Å². The summed E-state index contributed by atoms with van der Waals surface area (Å²) >= 11 is 0. The highest BCUT2D eigenvalue weighted by atomic mass is 19.1. The Labute approximate surface area is 300 Å². The fourth-order valence-electron chi connectivity index (χ4n) is 4.64. The number of fused-ring (bicyclic) bond motifs is 1. The van der Waals surface area contributed by atoms with Crippen molar-refractivity contribution in [1.82, 2.24) is 16.0 Å². The van der Waals surface area contributed by atoms with Crippen LogP contribution in [0.2, 0.25) is 0 Å². The maximum absolute atomic E-state index is 14.3. The van der Waals surface area contributed by atoms with E-state index in [2.05, 4.69) is 26.3 Å². The van der Waals surface area contributed by atoms with E-state index in [1.54, 1.807) is 59.7 Å². The SMILES string of the molecule is COC(=O)[C@H](CCCCN=C(NC(=O)OC(C)(C)C)NC(=O)OC(C)(C)C)NC(=O)C(=O)c1cc(F)ccc1NC(=O)c1ccc2ccccc2c1. The molecule has 0 spiro atoms. The summed E-state index contributed by atoms with van der Waals surface area (Å²) in [4.78, 5) is 80.8. The lowest BCUT2D eigenvalue weighted by Crippen LogP contribution is -2.47. The molecule has 15 heteroatoms. The van der Waals surface area contributed by atoms with Crippen molar-refractivity contribution >= 4 is 58.2 Å². The van der Waals surface area contributed by atoms with Crippen LogP contribution in [0, 0.1) is 5.82 Å². The monoisotopic (exact) mass is 721 g/mol. The number of hydrogen-bond acceptors (Lipinski definition) is 10. The number of halogens is 1. The highest BCUT2D eigenvalue weighted by Gasteiger charge is 2.28. The highest BCUT2D eigenvalue weighted by molar-refractivity contribution is 6.44. The fourth-order valence-corrected chi connectivity index (χ4v) is 4.64. The van der Waals surface area contributed by atoms with Gasteiger partial charge < -0.3 is 24.8 Å². The zero-order valence-electron chi connectivity index (χ0n) is 30.2. The lowest BCUT2D eigenvalue weighted by molar-refractivity contribution is -0.144. The van der Waals surface area contributed by atoms with Gasteiger partial charge in [0.2, 0.25) is 5.96 Å². The van der Waals surface area contributed by atoms with Gasteiger partial charge in [0.05, 0.1) is 18.4 Å². The number of unbranched alkanes of at least 4 members (excludes halogenated alkanes) is 1. The second-order valence-electron chi connectivity index (χ2n) is 13.6. The summed E-state index contributed by atoms with van der Waals surface area (Å²) in [6.07, 6.45) is -1.17. The van der Waals surface area contributed by atoms with Gasteiger partial charge in [-0.25, -0.2) is 18.8 Å². The van der Waals surface area contributed by atoms with Gasteiger partial charge in [-0.15, -0.1) is 0 Å². The van der Waals surface area contributed by atoms with Gasteiger partial charge in [-0.05, 0) is 102 Å². The van der Waals surface area contributed by atoms with Crippen LogP contribution in [0.15, 0.2) is 65.7 Å². The molecule has 0 aromatic heterocycles. The van der Waals surface area contributed by atoms with E-state index in [1.165, 1.54) is 0 Å². The number of guanidine groups is 1. The molecule has 3 rings (SSSR count). The van der Waals surface area contributed by atoms with E-state index in [1.807, 2.05) is 24.3 Å². The number of aliphatic imine (C=N–C) groups is 1. The quantitative estimate of drug-likeness (QED) is 0.0369. The highest BCUT2D eigenvalue weighted by Crippen LogP contribution is 2.21. The molecule has 52 heavy (non-hydrogen) atoms. The van der Waals surface area contributed by atoms with E-state index >= 15 is 0 Å². The lowest BCUT2D eigenvalue weighted by Gasteiger charge is -2.22. The maximum Gasteiger partial charge on any atom is 0.414 e. The Bertz CT molecular complexity index is 1810.